The van der Waals surface area contributed by atoms with Crippen molar-refractivity contribution in [1.29, 1.82) is 0 Å². The van der Waals surface area contributed by atoms with Crippen molar-refractivity contribution in [2.75, 3.05) is 13.1 Å². The maximum Gasteiger partial charge on any atom is 0.390 e. The predicted octanol–water partition coefficient (Wildman–Crippen LogP) is 2.79. The number of halogens is 3. The summed E-state index contributed by atoms with van der Waals surface area (Å²) in [5.41, 5.74) is -1.03. The van der Waals surface area contributed by atoms with Crippen LogP contribution in [0.15, 0.2) is 4.79 Å². The Hall–Kier alpha value is -1.86. The Balaban J connectivity index is 3.14. The second kappa shape index (κ2) is 6.72. The molecular weight excluding hydrogens is 311 g/mol. The SMILES string of the molecule is CCN(CCC(F)(F)F)C(=O)c1c(C)nc(C(C)(C)C)[nH]c1=O. The number of aromatic nitrogens is 2. The van der Waals surface area contributed by atoms with Gasteiger partial charge in [0, 0.05) is 18.5 Å². The third-order valence-electron chi connectivity index (χ3n) is 3.36. The molecule has 0 spiro atoms. The van der Waals surface area contributed by atoms with Gasteiger partial charge in [0.25, 0.3) is 11.5 Å². The molecule has 0 aromatic carbocycles. The van der Waals surface area contributed by atoms with Crippen molar-refractivity contribution in [3.05, 3.63) is 27.4 Å². The number of alkyl halides is 3. The Labute approximate surface area is 132 Å². The zero-order chi connectivity index (χ0) is 18.0. The van der Waals surface area contributed by atoms with Crippen LogP contribution in [0.1, 0.15) is 56.0 Å². The Morgan fingerprint density at radius 2 is 1.83 bits per heavy atom. The largest absolute Gasteiger partial charge is 0.390 e. The van der Waals surface area contributed by atoms with Gasteiger partial charge >= 0.3 is 6.18 Å². The number of hydrogen-bond donors (Lipinski definition) is 1. The molecule has 1 aromatic rings. The maximum atomic E-state index is 12.4. The zero-order valence-corrected chi connectivity index (χ0v) is 14.0. The molecule has 8 heteroatoms. The summed E-state index contributed by atoms with van der Waals surface area (Å²) >= 11 is 0. The van der Waals surface area contributed by atoms with Crippen LogP contribution in [-0.4, -0.2) is 40.0 Å². The van der Waals surface area contributed by atoms with E-state index in [9.17, 15) is 22.8 Å². The molecule has 1 heterocycles. The van der Waals surface area contributed by atoms with Gasteiger partial charge in [-0.3, -0.25) is 9.59 Å². The highest BCUT2D eigenvalue weighted by Crippen LogP contribution is 2.21. The smallest absolute Gasteiger partial charge is 0.338 e. The highest BCUT2D eigenvalue weighted by Gasteiger charge is 2.30. The van der Waals surface area contributed by atoms with Crippen LogP contribution >= 0.6 is 0 Å². The molecule has 0 aliphatic heterocycles. The van der Waals surface area contributed by atoms with Crippen LogP contribution in [0.2, 0.25) is 0 Å². The number of carbonyl (C=O) groups is 1. The summed E-state index contributed by atoms with van der Waals surface area (Å²) in [6, 6.07) is 0. The van der Waals surface area contributed by atoms with Crippen molar-refractivity contribution >= 4 is 5.91 Å². The third kappa shape index (κ3) is 5.07. The van der Waals surface area contributed by atoms with E-state index in [0.717, 1.165) is 4.90 Å². The molecule has 0 radical (unpaired) electrons. The average molecular weight is 333 g/mol. The molecule has 0 aliphatic rings. The van der Waals surface area contributed by atoms with E-state index in [1.165, 1.54) is 6.92 Å². The molecule has 0 unspecified atom stereocenters. The quantitative estimate of drug-likeness (QED) is 0.921. The van der Waals surface area contributed by atoms with Gasteiger partial charge in [-0.15, -0.1) is 0 Å². The lowest BCUT2D eigenvalue weighted by Gasteiger charge is -2.23. The standard InChI is InChI=1S/C15H22F3N3O2/c1-6-21(8-7-15(16,17)18)12(23)10-9(2)19-13(14(3,4)5)20-11(10)22/h6-8H2,1-5H3,(H,19,20,22). The molecule has 1 rings (SSSR count). The van der Waals surface area contributed by atoms with E-state index in [1.54, 1.807) is 6.92 Å². The van der Waals surface area contributed by atoms with E-state index in [1.807, 2.05) is 20.8 Å². The van der Waals surface area contributed by atoms with Crippen molar-refractivity contribution < 1.29 is 18.0 Å². The van der Waals surface area contributed by atoms with E-state index in [-0.39, 0.29) is 17.8 Å². The number of carbonyl (C=O) groups excluding carboxylic acids is 1. The molecule has 23 heavy (non-hydrogen) atoms. The maximum absolute atomic E-state index is 12.4. The van der Waals surface area contributed by atoms with Crippen LogP contribution in [0.4, 0.5) is 13.2 Å². The molecular formula is C15H22F3N3O2. The van der Waals surface area contributed by atoms with Crippen LogP contribution in [0, 0.1) is 6.92 Å². The minimum absolute atomic E-state index is 0.0782. The molecule has 0 bridgehead atoms. The summed E-state index contributed by atoms with van der Waals surface area (Å²) in [6.45, 7) is 8.23. The summed E-state index contributed by atoms with van der Waals surface area (Å²) in [6.07, 6.45) is -5.47. The molecule has 1 amide bonds. The number of hydrogen-bond acceptors (Lipinski definition) is 3. The lowest BCUT2D eigenvalue weighted by molar-refractivity contribution is -0.136. The highest BCUT2D eigenvalue weighted by atomic mass is 19.4. The Morgan fingerprint density at radius 3 is 2.22 bits per heavy atom. The number of rotatable bonds is 4. The van der Waals surface area contributed by atoms with Crippen molar-refractivity contribution in [2.45, 2.75) is 52.6 Å². The van der Waals surface area contributed by atoms with Gasteiger partial charge in [0.15, 0.2) is 0 Å². The van der Waals surface area contributed by atoms with Gasteiger partial charge in [0.1, 0.15) is 11.4 Å². The fourth-order valence-electron chi connectivity index (χ4n) is 2.02. The molecule has 0 fully saturated rings. The molecule has 1 aromatic heterocycles. The summed E-state index contributed by atoms with van der Waals surface area (Å²) in [5, 5.41) is 0. The average Bonchev–Trinajstić information content (AvgIpc) is 2.36. The second-order valence-electron chi connectivity index (χ2n) is 6.37. The summed E-state index contributed by atoms with van der Waals surface area (Å²) < 4.78 is 37.0. The number of aromatic amines is 1. The van der Waals surface area contributed by atoms with E-state index >= 15 is 0 Å². The fraction of sp³-hybridized carbons (Fsp3) is 0.667. The topological polar surface area (TPSA) is 66.1 Å². The zero-order valence-electron chi connectivity index (χ0n) is 14.0. The van der Waals surface area contributed by atoms with Gasteiger partial charge in [-0.2, -0.15) is 13.2 Å². The van der Waals surface area contributed by atoms with Gasteiger partial charge in [-0.1, -0.05) is 20.8 Å². The predicted molar refractivity (Wildman–Crippen MR) is 80.5 cm³/mol. The van der Waals surface area contributed by atoms with E-state index < -0.39 is 36.0 Å². The second-order valence-corrected chi connectivity index (χ2v) is 6.37. The number of amides is 1. The number of H-pyrrole nitrogens is 1. The van der Waals surface area contributed by atoms with E-state index in [2.05, 4.69) is 9.97 Å². The lowest BCUT2D eigenvalue weighted by atomic mass is 9.95. The van der Waals surface area contributed by atoms with Crippen molar-refractivity contribution in [1.82, 2.24) is 14.9 Å². The monoisotopic (exact) mass is 333 g/mol. The van der Waals surface area contributed by atoms with Gasteiger partial charge in [-0.05, 0) is 13.8 Å². The number of nitrogens with one attached hydrogen (secondary N) is 1. The minimum Gasteiger partial charge on any atom is -0.338 e. The summed E-state index contributed by atoms with van der Waals surface area (Å²) in [5.74, 6) is -0.307. The van der Waals surface area contributed by atoms with E-state index in [4.69, 9.17) is 0 Å². The van der Waals surface area contributed by atoms with E-state index in [0.29, 0.717) is 5.82 Å². The van der Waals surface area contributed by atoms with Gasteiger partial charge in [0.05, 0.1) is 12.1 Å². The first-order valence-corrected chi connectivity index (χ1v) is 7.34. The Morgan fingerprint density at radius 1 is 1.26 bits per heavy atom. The molecule has 5 nitrogen and oxygen atoms in total. The Bertz CT molecular complexity index is 630. The first-order valence-electron chi connectivity index (χ1n) is 7.34. The van der Waals surface area contributed by atoms with Crippen molar-refractivity contribution in [3.8, 4) is 0 Å². The first kappa shape index (κ1) is 19.2. The van der Waals surface area contributed by atoms with Gasteiger partial charge < -0.3 is 9.88 Å². The molecule has 0 saturated heterocycles. The number of aryl methyl sites for hydroxylation is 1. The van der Waals surface area contributed by atoms with Crippen molar-refractivity contribution in [3.63, 3.8) is 0 Å². The fourth-order valence-corrected chi connectivity index (χ4v) is 2.02. The van der Waals surface area contributed by atoms with Crippen LogP contribution < -0.4 is 5.56 Å². The van der Waals surface area contributed by atoms with Crippen LogP contribution in [-0.2, 0) is 5.41 Å². The summed E-state index contributed by atoms with van der Waals surface area (Å²) in [7, 11) is 0. The molecule has 0 saturated carbocycles. The van der Waals surface area contributed by atoms with Crippen molar-refractivity contribution in [2.24, 2.45) is 0 Å². The van der Waals surface area contributed by atoms with Crippen LogP contribution in [0.3, 0.4) is 0 Å². The third-order valence-corrected chi connectivity index (χ3v) is 3.36. The lowest BCUT2D eigenvalue weighted by Crippen LogP contribution is -2.38. The highest BCUT2D eigenvalue weighted by molar-refractivity contribution is 5.94. The van der Waals surface area contributed by atoms with Crippen LogP contribution in [0.5, 0.6) is 0 Å². The van der Waals surface area contributed by atoms with Gasteiger partial charge in [-0.25, -0.2) is 4.98 Å². The number of nitrogens with zero attached hydrogens (tertiary/aromatic N) is 2. The minimum atomic E-state index is -4.36. The molecule has 0 aliphatic carbocycles. The van der Waals surface area contributed by atoms with Crippen LogP contribution in [0.25, 0.3) is 0 Å². The first-order chi connectivity index (χ1) is 10.4. The molecule has 1 N–H and O–H groups in total. The molecule has 130 valence electrons. The Kier molecular flexibility index (Phi) is 5.60. The molecule has 0 atom stereocenters. The normalized spacial score (nSPS) is 12.3. The van der Waals surface area contributed by atoms with Gasteiger partial charge in [0.2, 0.25) is 0 Å². The summed E-state index contributed by atoms with van der Waals surface area (Å²) in [4.78, 5) is 32.4.